The number of alkyl halides is 24. The Kier molecular flexibility index (Phi) is 84.0. The van der Waals surface area contributed by atoms with Crippen LogP contribution in [-0.4, -0.2) is 54.8 Å². The van der Waals surface area contributed by atoms with Gasteiger partial charge in [0.25, 0.3) is 0 Å². The Bertz CT molecular complexity index is 1660. The average molecular weight is 1590 g/mol. The van der Waals surface area contributed by atoms with Crippen LogP contribution in [0.1, 0.15) is 402 Å². The van der Waals surface area contributed by atoms with E-state index >= 15 is 0 Å². The molecule has 0 amide bonds. The topological polar surface area (TPSA) is 0 Å². The Morgan fingerprint density at radius 2 is 0.638 bits per heavy atom. The van der Waals surface area contributed by atoms with Crippen LogP contribution in [0.25, 0.3) is 0 Å². The molecule has 0 aromatic heterocycles. The fraction of sp³-hybridized carbons (Fsp3) is 1.00. The summed E-state index contributed by atoms with van der Waals surface area (Å²) in [5, 5.41) is 0. The van der Waals surface area contributed by atoms with E-state index in [9.17, 15) is 105 Å². The van der Waals surface area contributed by atoms with Gasteiger partial charge in [0.15, 0.2) is 5.92 Å². The highest BCUT2D eigenvalue weighted by molar-refractivity contribution is 4.88. The highest BCUT2D eigenvalue weighted by atomic mass is 19.4. The van der Waals surface area contributed by atoms with E-state index in [1.165, 1.54) is 72.1 Å². The smallest absolute Gasteiger partial charge is 0.244 e. The van der Waals surface area contributed by atoms with Gasteiger partial charge in [0.05, 0.1) is 5.92 Å². The lowest BCUT2D eigenvalue weighted by Gasteiger charge is -2.36. The van der Waals surface area contributed by atoms with Gasteiger partial charge < -0.3 is 0 Å². The third kappa shape index (κ3) is 121. The highest BCUT2D eigenvalue weighted by Crippen LogP contribution is 2.50. The third-order valence-corrected chi connectivity index (χ3v) is 16.2. The second-order valence-corrected chi connectivity index (χ2v) is 32.2. The van der Waals surface area contributed by atoms with Crippen LogP contribution in [0, 0.1) is 69.5 Å². The van der Waals surface area contributed by atoms with E-state index < -0.39 is 104 Å². The minimum absolute atomic E-state index is 0.105. The van der Waals surface area contributed by atoms with Gasteiger partial charge in [-0.15, -0.1) is 0 Å². The molecule has 0 aliphatic heterocycles. The third-order valence-electron chi connectivity index (χ3n) is 16.2. The van der Waals surface area contributed by atoms with E-state index in [2.05, 4.69) is 104 Å². The number of halogens is 24. The van der Waals surface area contributed by atoms with Crippen molar-refractivity contribution in [2.75, 3.05) is 0 Å². The Morgan fingerprint density at radius 1 is 0.371 bits per heavy atom. The SMILES string of the molecule is CC.CC(C)(C)C.CC(C)C.CC(C)C(F)(F)F.CC1CCC(F)(F)CC1.CC1CCC2(CCCC2)CC1.CCC.CCC(C)(C)CC(F)(F)F.CCC(C)(F)CC.CCC(C)C.CCC(C)C(F)(F)F.CCCC.CCCC(C(F)(F)F)C(F)(F)F.CC[C@H](C)CC(F)(F)F.CC[C@H](C)CC(F)(F)F. The van der Waals surface area contributed by atoms with E-state index in [0.29, 0.717) is 56.3 Å². The van der Waals surface area contributed by atoms with Crippen LogP contribution in [0.2, 0.25) is 0 Å². The average Bonchev–Trinajstić information content (AvgIpc) is 1.75. The lowest BCUT2D eigenvalue weighted by atomic mass is 9.70. The molecule has 0 N–H and O–H groups in total. The van der Waals surface area contributed by atoms with Crippen molar-refractivity contribution in [3.05, 3.63) is 0 Å². The van der Waals surface area contributed by atoms with Gasteiger partial charge in [-0.2, -0.15) is 92.2 Å². The Hall–Kier alpha value is -1.68. The molecule has 0 bridgehead atoms. The van der Waals surface area contributed by atoms with Crippen molar-refractivity contribution in [3.63, 3.8) is 0 Å². The van der Waals surface area contributed by atoms with Crippen LogP contribution in [0.3, 0.4) is 0 Å². The molecule has 3 aliphatic rings. The zero-order valence-electron chi connectivity index (χ0n) is 72.4. The summed E-state index contributed by atoms with van der Waals surface area (Å²) in [6, 6.07) is 0. The molecule has 0 saturated heterocycles. The molecular weight excluding hydrogens is 1430 g/mol. The van der Waals surface area contributed by atoms with Gasteiger partial charge in [-0.1, -0.05) is 299 Å². The summed E-state index contributed by atoms with van der Waals surface area (Å²) >= 11 is 0. The van der Waals surface area contributed by atoms with Crippen molar-refractivity contribution < 1.29 is 105 Å². The molecule has 3 rings (SSSR count). The van der Waals surface area contributed by atoms with Gasteiger partial charge in [-0.3, -0.25) is 0 Å². The van der Waals surface area contributed by atoms with E-state index in [4.69, 9.17) is 0 Å². The fourth-order valence-electron chi connectivity index (χ4n) is 7.21. The van der Waals surface area contributed by atoms with Crippen LogP contribution in [-0.2, 0) is 0 Å². The Morgan fingerprint density at radius 3 is 0.743 bits per heavy atom. The first kappa shape index (κ1) is 130. The van der Waals surface area contributed by atoms with Crippen LogP contribution in [0.5, 0.6) is 0 Å². The summed E-state index contributed by atoms with van der Waals surface area (Å²) in [6.45, 7) is 62.3. The molecule has 0 aromatic rings. The quantitative estimate of drug-likeness (QED) is 0.161. The molecule has 24 heteroatoms. The van der Waals surface area contributed by atoms with Crippen molar-refractivity contribution in [2.45, 2.75) is 457 Å². The van der Waals surface area contributed by atoms with Crippen LogP contribution >= 0.6 is 0 Å². The van der Waals surface area contributed by atoms with Gasteiger partial charge in [0.1, 0.15) is 5.67 Å². The summed E-state index contributed by atoms with van der Waals surface area (Å²) in [6.07, 6.45) is -11.0. The standard InChI is InChI=1S/C11H20.C7H13F3.C7H12F2.C6H8F6.2C6H11F3.C6H13F.C5H9F3.2C5H12.C4H7F3.2C4H10.C3H8.C2H6/c1-10-4-8-11(9-5-10)6-2-3-7-11;1-4-6(2,3)5-7(8,9)10;1-6-2-4-7(8,9)5-3-6;1-2-3-4(5(7,8)9)6(10,11)12;2*1-3-5(2)4-6(7,8)9;1-4-6(3,7)5-2;1-3-4(2)5(6,7)8;1-5(2,3)4;1-4-5(2)3;1-3(2)4(5,6)7;1-4(2)3;1-3-4-2;1-3-2;1-2/h10H,2-9H2,1H3;4-5H2,1-3H3;6H,2-5H2,1H3;4H,2-3H2,1H3;2*5H,3-4H2,1-2H3;4-5H2,1-3H3;4H,3H2,1-2H3;1-4H3;5H,4H2,1-3H3;3H,1-2H3;4H,1-3H3;3-4H2,1-2H3;3H2,1-2H3;1-2H3/t;;;;2*5-;;;;;;;;;/m....00........./s1. The lowest BCUT2D eigenvalue weighted by Crippen LogP contribution is -2.36. The molecule has 1 spiro atoms. The maximum Gasteiger partial charge on any atom is 0.400 e. The molecule has 3 saturated carbocycles. The van der Waals surface area contributed by atoms with Gasteiger partial charge >= 0.3 is 43.2 Å². The monoisotopic (exact) mass is 1590 g/mol. The minimum Gasteiger partial charge on any atom is -0.244 e. The molecule has 0 radical (unpaired) electrons. The summed E-state index contributed by atoms with van der Waals surface area (Å²) in [7, 11) is 0. The molecule has 3 aliphatic carbocycles. The molecule has 0 heterocycles. The summed E-state index contributed by atoms with van der Waals surface area (Å²) in [4.78, 5) is 0. The van der Waals surface area contributed by atoms with Crippen molar-refractivity contribution in [3.8, 4) is 0 Å². The van der Waals surface area contributed by atoms with Crippen molar-refractivity contribution in [1.82, 2.24) is 0 Å². The number of hydrogen-bond donors (Lipinski definition) is 0. The largest absolute Gasteiger partial charge is 0.400 e. The lowest BCUT2D eigenvalue weighted by molar-refractivity contribution is -0.285. The van der Waals surface area contributed by atoms with Gasteiger partial charge in [-0.05, 0) is 123 Å². The molecule has 3 atom stereocenters. The van der Waals surface area contributed by atoms with Crippen LogP contribution in [0.15, 0.2) is 0 Å². The van der Waals surface area contributed by atoms with Crippen LogP contribution < -0.4 is 0 Å². The van der Waals surface area contributed by atoms with Gasteiger partial charge in [0.2, 0.25) is 5.92 Å². The predicted molar refractivity (Wildman–Crippen MR) is 402 cm³/mol. The molecule has 1 unspecified atom stereocenters. The van der Waals surface area contributed by atoms with Crippen LogP contribution in [0.4, 0.5) is 105 Å². The predicted octanol–water partition coefficient (Wildman–Crippen LogP) is 36.8. The summed E-state index contributed by atoms with van der Waals surface area (Å²) in [5.41, 5.74) is -0.162. The van der Waals surface area contributed by atoms with Crippen molar-refractivity contribution in [1.29, 1.82) is 0 Å². The molecule has 654 valence electrons. The molecule has 105 heavy (non-hydrogen) atoms. The van der Waals surface area contributed by atoms with Crippen molar-refractivity contribution in [2.24, 2.45) is 69.5 Å². The first-order chi connectivity index (χ1) is 46.7. The second-order valence-electron chi connectivity index (χ2n) is 32.2. The normalized spacial score (nSPS) is 16.6. The van der Waals surface area contributed by atoms with Crippen molar-refractivity contribution >= 4 is 0 Å². The Labute approximate surface area is 629 Å². The zero-order valence-corrected chi connectivity index (χ0v) is 72.4. The highest BCUT2D eigenvalue weighted by Gasteiger charge is 2.55. The molecule has 0 nitrogen and oxygen atoms in total. The fourth-order valence-corrected chi connectivity index (χ4v) is 7.21. The first-order valence-corrected chi connectivity index (χ1v) is 39.2. The van der Waals surface area contributed by atoms with E-state index in [0.717, 1.165) is 37.0 Å². The maximum absolute atomic E-state index is 12.5. The molecule has 0 aromatic carbocycles. The number of unbranched alkanes of at least 4 members (excludes halogenated alkanes) is 1. The van der Waals surface area contributed by atoms with E-state index in [-0.39, 0.29) is 37.5 Å². The maximum atomic E-state index is 12.5. The molecule has 3 fully saturated rings. The van der Waals surface area contributed by atoms with E-state index in [1.54, 1.807) is 81.1 Å². The second kappa shape index (κ2) is 68.0. The number of hydrogen-bond acceptors (Lipinski definition) is 0. The summed E-state index contributed by atoms with van der Waals surface area (Å²) < 4.78 is 279. The zero-order chi connectivity index (χ0) is 87.3. The summed E-state index contributed by atoms with van der Waals surface area (Å²) in [5.74, 6) is -5.06. The molecular formula is C81H162F24. The number of rotatable bonds is 13. The van der Waals surface area contributed by atoms with E-state index in [1.807, 2.05) is 34.6 Å². The Balaban J connectivity index is -0.0000000897. The van der Waals surface area contributed by atoms with Gasteiger partial charge in [-0.25, -0.2) is 13.2 Å². The minimum atomic E-state index is -5.17. The first-order valence-electron chi connectivity index (χ1n) is 39.2. The van der Waals surface area contributed by atoms with Gasteiger partial charge in [0, 0.05) is 38.0 Å².